The van der Waals surface area contributed by atoms with Crippen molar-refractivity contribution in [2.45, 2.75) is 13.8 Å². The van der Waals surface area contributed by atoms with E-state index < -0.39 is 0 Å². The molecule has 0 radical (unpaired) electrons. The van der Waals surface area contributed by atoms with Crippen molar-refractivity contribution in [1.82, 2.24) is 4.90 Å². The van der Waals surface area contributed by atoms with Crippen LogP contribution in [-0.4, -0.2) is 37.1 Å². The van der Waals surface area contributed by atoms with E-state index in [0.717, 1.165) is 13.1 Å². The maximum atomic E-state index is 11.4. The van der Waals surface area contributed by atoms with Gasteiger partial charge in [0.15, 0.2) is 0 Å². The first kappa shape index (κ1) is 14.5. The third-order valence-electron chi connectivity index (χ3n) is 2.58. The zero-order valence-electron chi connectivity index (χ0n) is 11.1. The van der Waals surface area contributed by atoms with Crippen LogP contribution in [0.4, 0.5) is 0 Å². The zero-order valence-corrected chi connectivity index (χ0v) is 11.1. The summed E-state index contributed by atoms with van der Waals surface area (Å²) in [5, 5.41) is 0. The lowest BCUT2D eigenvalue weighted by Crippen LogP contribution is -2.31. The van der Waals surface area contributed by atoms with E-state index in [-0.39, 0.29) is 5.97 Å². The van der Waals surface area contributed by atoms with Crippen LogP contribution < -0.4 is 0 Å². The monoisotopic (exact) mass is 247 g/mol. The molecule has 0 bridgehead atoms. The summed E-state index contributed by atoms with van der Waals surface area (Å²) in [4.78, 5) is 13.4. The lowest BCUT2D eigenvalue weighted by atomic mass is 10.2. The molecule has 0 aliphatic carbocycles. The van der Waals surface area contributed by atoms with Gasteiger partial charge in [0.05, 0.1) is 13.2 Å². The average Bonchev–Trinajstić information content (AvgIpc) is 2.39. The van der Waals surface area contributed by atoms with E-state index in [1.54, 1.807) is 0 Å². The molecule has 0 aromatic heterocycles. The van der Waals surface area contributed by atoms with Crippen LogP contribution in [0.3, 0.4) is 0 Å². The third-order valence-corrected chi connectivity index (χ3v) is 2.58. The molecule has 3 nitrogen and oxygen atoms in total. The van der Waals surface area contributed by atoms with Crippen molar-refractivity contribution < 1.29 is 9.53 Å². The second-order valence-corrected chi connectivity index (χ2v) is 3.95. The highest BCUT2D eigenvalue weighted by Crippen LogP contribution is 2.01. The fourth-order valence-corrected chi connectivity index (χ4v) is 1.60. The van der Waals surface area contributed by atoms with Gasteiger partial charge in [-0.15, -0.1) is 0 Å². The topological polar surface area (TPSA) is 29.5 Å². The first-order valence-electron chi connectivity index (χ1n) is 6.35. The molecule has 1 aromatic rings. The van der Waals surface area contributed by atoms with Crippen molar-refractivity contribution in [1.29, 1.82) is 0 Å². The molecule has 0 saturated carbocycles. The Kier molecular flexibility index (Phi) is 6.81. The van der Waals surface area contributed by atoms with E-state index in [1.807, 2.05) is 36.9 Å². The third kappa shape index (κ3) is 5.64. The highest BCUT2D eigenvalue weighted by molar-refractivity contribution is 5.71. The van der Waals surface area contributed by atoms with Gasteiger partial charge >= 0.3 is 5.97 Å². The zero-order chi connectivity index (χ0) is 13.2. The molecule has 18 heavy (non-hydrogen) atoms. The van der Waals surface area contributed by atoms with E-state index in [2.05, 4.69) is 24.3 Å². The number of ether oxygens (including phenoxy) is 1. The van der Waals surface area contributed by atoms with E-state index in [9.17, 15) is 4.79 Å². The van der Waals surface area contributed by atoms with Crippen molar-refractivity contribution in [3.63, 3.8) is 0 Å². The molecule has 0 unspecified atom stereocenters. The highest BCUT2D eigenvalue weighted by atomic mass is 16.5. The maximum Gasteiger partial charge on any atom is 0.320 e. The number of nitrogens with zero attached hydrogens (tertiary/aromatic N) is 1. The molecule has 0 aliphatic heterocycles. The molecule has 1 rings (SSSR count). The Bertz CT molecular complexity index is 373. The number of carbonyl (C=O) groups excluding carboxylic acids is 1. The van der Waals surface area contributed by atoms with Crippen molar-refractivity contribution in [3.8, 4) is 0 Å². The Balaban J connectivity index is 2.39. The Hall–Kier alpha value is -1.61. The minimum absolute atomic E-state index is 0.160. The summed E-state index contributed by atoms with van der Waals surface area (Å²) in [6.45, 7) is 6.24. The van der Waals surface area contributed by atoms with Gasteiger partial charge in [0.1, 0.15) is 0 Å². The number of hydrogen-bond donors (Lipinski definition) is 0. The molecule has 0 saturated heterocycles. The largest absolute Gasteiger partial charge is 0.465 e. The highest BCUT2D eigenvalue weighted by Gasteiger charge is 2.07. The van der Waals surface area contributed by atoms with Gasteiger partial charge in [-0.25, -0.2) is 0 Å². The summed E-state index contributed by atoms with van der Waals surface area (Å²) >= 11 is 0. The quantitative estimate of drug-likeness (QED) is 0.694. The van der Waals surface area contributed by atoms with Crippen LogP contribution in [0, 0.1) is 0 Å². The molecule has 0 fully saturated rings. The van der Waals surface area contributed by atoms with Crippen LogP contribution in [0.5, 0.6) is 0 Å². The average molecular weight is 247 g/mol. The Morgan fingerprint density at radius 3 is 2.61 bits per heavy atom. The minimum Gasteiger partial charge on any atom is -0.465 e. The summed E-state index contributed by atoms with van der Waals surface area (Å²) in [5.41, 5.74) is 1.17. The van der Waals surface area contributed by atoms with E-state index in [4.69, 9.17) is 4.74 Å². The van der Waals surface area contributed by atoms with Crippen LogP contribution in [0.2, 0.25) is 0 Å². The van der Waals surface area contributed by atoms with Gasteiger partial charge in [-0.1, -0.05) is 49.4 Å². The Labute approximate surface area is 109 Å². The maximum absolute atomic E-state index is 11.4. The van der Waals surface area contributed by atoms with Gasteiger partial charge in [-0.3, -0.25) is 9.69 Å². The van der Waals surface area contributed by atoms with Gasteiger partial charge in [0, 0.05) is 6.54 Å². The molecule has 0 N–H and O–H groups in total. The number of esters is 1. The lowest BCUT2D eigenvalue weighted by Gasteiger charge is -2.16. The van der Waals surface area contributed by atoms with Gasteiger partial charge in [0.2, 0.25) is 0 Å². The first-order chi connectivity index (χ1) is 8.76. The number of benzene rings is 1. The molecule has 3 heteroatoms. The molecule has 0 aliphatic rings. The predicted molar refractivity (Wildman–Crippen MR) is 74.2 cm³/mol. The number of rotatable bonds is 7. The first-order valence-corrected chi connectivity index (χ1v) is 6.35. The molecule has 0 heterocycles. The second kappa shape index (κ2) is 8.48. The lowest BCUT2D eigenvalue weighted by molar-refractivity contribution is -0.144. The summed E-state index contributed by atoms with van der Waals surface area (Å²) < 4.78 is 4.93. The Morgan fingerprint density at radius 2 is 2.00 bits per heavy atom. The molecule has 0 amide bonds. The van der Waals surface area contributed by atoms with Crippen LogP contribution in [-0.2, 0) is 9.53 Å². The second-order valence-electron chi connectivity index (χ2n) is 3.95. The molecule has 98 valence electrons. The number of carbonyl (C=O) groups is 1. The van der Waals surface area contributed by atoms with E-state index in [1.165, 1.54) is 5.56 Å². The minimum atomic E-state index is -0.160. The van der Waals surface area contributed by atoms with E-state index >= 15 is 0 Å². The fraction of sp³-hybridized carbons (Fsp3) is 0.400. The van der Waals surface area contributed by atoms with Crippen molar-refractivity contribution >= 4 is 12.0 Å². The van der Waals surface area contributed by atoms with Crippen molar-refractivity contribution in [2.75, 3.05) is 26.2 Å². The summed E-state index contributed by atoms with van der Waals surface area (Å²) in [7, 11) is 0. The molecular formula is C15H21NO2. The fourth-order valence-electron chi connectivity index (χ4n) is 1.60. The molecule has 1 aromatic carbocycles. The normalized spacial score (nSPS) is 11.1. The number of hydrogen-bond acceptors (Lipinski definition) is 3. The van der Waals surface area contributed by atoms with Gasteiger partial charge < -0.3 is 4.74 Å². The van der Waals surface area contributed by atoms with Crippen LogP contribution in [0.25, 0.3) is 6.08 Å². The van der Waals surface area contributed by atoms with E-state index in [0.29, 0.717) is 13.2 Å². The van der Waals surface area contributed by atoms with Gasteiger partial charge in [0.25, 0.3) is 0 Å². The summed E-state index contributed by atoms with van der Waals surface area (Å²) in [6.07, 6.45) is 4.13. The van der Waals surface area contributed by atoms with Crippen LogP contribution in [0.1, 0.15) is 19.4 Å². The standard InChI is InChI=1S/C15H21NO2/c1-3-16(13-15(17)18-4-2)12-8-11-14-9-6-5-7-10-14/h5-11H,3-4,12-13H2,1-2H3. The molecule has 0 atom stereocenters. The van der Waals surface area contributed by atoms with Gasteiger partial charge in [-0.2, -0.15) is 0 Å². The predicted octanol–water partition coefficient (Wildman–Crippen LogP) is 2.58. The van der Waals surface area contributed by atoms with Gasteiger partial charge in [-0.05, 0) is 19.0 Å². The van der Waals surface area contributed by atoms with Crippen LogP contribution in [0.15, 0.2) is 36.4 Å². The van der Waals surface area contributed by atoms with Crippen molar-refractivity contribution in [3.05, 3.63) is 42.0 Å². The molecular weight excluding hydrogens is 226 g/mol. The van der Waals surface area contributed by atoms with Crippen LogP contribution >= 0.6 is 0 Å². The Morgan fingerprint density at radius 1 is 1.28 bits per heavy atom. The number of likely N-dealkylation sites (N-methyl/N-ethyl adjacent to an activating group) is 1. The summed E-state index contributed by atoms with van der Waals surface area (Å²) in [5.74, 6) is -0.160. The summed E-state index contributed by atoms with van der Waals surface area (Å²) in [6, 6.07) is 10.1. The molecule has 0 spiro atoms. The smallest absolute Gasteiger partial charge is 0.320 e. The van der Waals surface area contributed by atoms with Crippen molar-refractivity contribution in [2.24, 2.45) is 0 Å². The SMILES string of the molecule is CCOC(=O)CN(CC)CC=Cc1ccccc1.